The van der Waals surface area contributed by atoms with Crippen molar-refractivity contribution in [2.75, 3.05) is 6.61 Å². The molecule has 0 saturated heterocycles. The summed E-state index contributed by atoms with van der Waals surface area (Å²) in [5.74, 6) is 0.691. The summed E-state index contributed by atoms with van der Waals surface area (Å²) in [4.78, 5) is 7.99. The third-order valence-corrected chi connectivity index (χ3v) is 2.21. The molecular formula is C11H18N4O. The van der Waals surface area contributed by atoms with Crippen molar-refractivity contribution < 1.29 is 4.74 Å². The number of ether oxygens (including phenoxy) is 1. The van der Waals surface area contributed by atoms with E-state index in [-0.39, 0.29) is 5.84 Å². The van der Waals surface area contributed by atoms with Gasteiger partial charge in [-0.25, -0.2) is 9.97 Å². The van der Waals surface area contributed by atoms with E-state index in [1.54, 1.807) is 0 Å². The van der Waals surface area contributed by atoms with Gasteiger partial charge in [-0.15, -0.1) is 0 Å². The van der Waals surface area contributed by atoms with Crippen LogP contribution in [0, 0.1) is 11.3 Å². The van der Waals surface area contributed by atoms with Crippen molar-refractivity contribution >= 4 is 5.84 Å². The smallest absolute Gasteiger partial charge is 0.243 e. The largest absolute Gasteiger partial charge is 0.476 e. The van der Waals surface area contributed by atoms with Crippen LogP contribution in [0.25, 0.3) is 0 Å². The Balaban J connectivity index is 2.63. The molecule has 1 aromatic rings. The lowest BCUT2D eigenvalue weighted by atomic mass is 10.1. The molecule has 88 valence electrons. The molecule has 0 aliphatic heterocycles. The van der Waals surface area contributed by atoms with Gasteiger partial charge in [-0.2, -0.15) is 0 Å². The fourth-order valence-corrected chi connectivity index (χ4v) is 1.41. The highest BCUT2D eigenvalue weighted by Crippen LogP contribution is 2.13. The van der Waals surface area contributed by atoms with Crippen LogP contribution in [0.4, 0.5) is 0 Å². The van der Waals surface area contributed by atoms with E-state index >= 15 is 0 Å². The van der Waals surface area contributed by atoms with Gasteiger partial charge < -0.3 is 10.5 Å². The Bertz CT molecular complexity index is 354. The Morgan fingerprint density at radius 1 is 1.50 bits per heavy atom. The number of amidine groups is 1. The molecule has 0 bridgehead atoms. The third kappa shape index (κ3) is 3.49. The van der Waals surface area contributed by atoms with Crippen LogP contribution in [-0.4, -0.2) is 22.4 Å². The van der Waals surface area contributed by atoms with E-state index in [0.717, 1.165) is 12.8 Å². The summed E-state index contributed by atoms with van der Waals surface area (Å²) >= 11 is 0. The molecule has 1 atom stereocenters. The average Bonchev–Trinajstić information content (AvgIpc) is 2.27. The minimum absolute atomic E-state index is 0.119. The molecule has 0 saturated carbocycles. The van der Waals surface area contributed by atoms with Crippen LogP contribution in [0.5, 0.6) is 5.88 Å². The van der Waals surface area contributed by atoms with Gasteiger partial charge in [-0.05, 0) is 12.3 Å². The molecule has 0 radical (unpaired) electrons. The van der Waals surface area contributed by atoms with E-state index in [1.165, 1.54) is 12.4 Å². The zero-order chi connectivity index (χ0) is 12.0. The number of nitrogens with zero attached hydrogens (tertiary/aromatic N) is 2. The standard InChI is InChI=1S/C11H18N4O/c1-3-4-8(2)7-16-11-9(10(12)13)14-5-6-15-11/h5-6,8H,3-4,7H2,1-2H3,(H3,12,13). The van der Waals surface area contributed by atoms with Gasteiger partial charge in [0.25, 0.3) is 0 Å². The van der Waals surface area contributed by atoms with Crippen LogP contribution < -0.4 is 10.5 Å². The number of aromatic nitrogens is 2. The molecule has 0 spiro atoms. The number of nitrogens with one attached hydrogen (secondary N) is 1. The predicted octanol–water partition coefficient (Wildman–Crippen LogP) is 1.58. The summed E-state index contributed by atoms with van der Waals surface area (Å²) < 4.78 is 5.52. The van der Waals surface area contributed by atoms with Crippen molar-refractivity contribution in [3.63, 3.8) is 0 Å². The molecular weight excluding hydrogens is 204 g/mol. The number of nitrogen functional groups attached to an aromatic ring is 1. The number of hydrogen-bond donors (Lipinski definition) is 2. The molecule has 0 fully saturated rings. The number of hydrogen-bond acceptors (Lipinski definition) is 4. The van der Waals surface area contributed by atoms with E-state index < -0.39 is 0 Å². The first-order valence-corrected chi connectivity index (χ1v) is 5.43. The Morgan fingerprint density at radius 2 is 2.19 bits per heavy atom. The molecule has 16 heavy (non-hydrogen) atoms. The highest BCUT2D eigenvalue weighted by molar-refractivity contribution is 5.94. The van der Waals surface area contributed by atoms with Crippen molar-refractivity contribution in [2.45, 2.75) is 26.7 Å². The van der Waals surface area contributed by atoms with Crippen molar-refractivity contribution in [3.05, 3.63) is 18.1 Å². The second-order valence-electron chi connectivity index (χ2n) is 3.83. The van der Waals surface area contributed by atoms with Gasteiger partial charge in [0.2, 0.25) is 5.88 Å². The predicted molar refractivity (Wildman–Crippen MR) is 62.6 cm³/mol. The first-order valence-electron chi connectivity index (χ1n) is 5.43. The molecule has 1 rings (SSSR count). The third-order valence-electron chi connectivity index (χ3n) is 2.21. The molecule has 0 aromatic carbocycles. The minimum Gasteiger partial charge on any atom is -0.476 e. The van der Waals surface area contributed by atoms with Gasteiger partial charge in [0.1, 0.15) is 5.84 Å². The second-order valence-corrected chi connectivity index (χ2v) is 3.83. The van der Waals surface area contributed by atoms with Crippen LogP contribution in [0.1, 0.15) is 32.4 Å². The second kappa shape index (κ2) is 6.05. The lowest BCUT2D eigenvalue weighted by Gasteiger charge is -2.12. The summed E-state index contributed by atoms with van der Waals surface area (Å²) in [6, 6.07) is 0. The monoisotopic (exact) mass is 222 g/mol. The summed E-state index contributed by atoms with van der Waals surface area (Å²) in [6.07, 6.45) is 5.27. The first kappa shape index (κ1) is 12.4. The van der Waals surface area contributed by atoms with Crippen LogP contribution >= 0.6 is 0 Å². The molecule has 5 nitrogen and oxygen atoms in total. The molecule has 1 unspecified atom stereocenters. The fourth-order valence-electron chi connectivity index (χ4n) is 1.41. The van der Waals surface area contributed by atoms with Gasteiger partial charge in [0, 0.05) is 12.4 Å². The van der Waals surface area contributed by atoms with E-state index in [4.69, 9.17) is 15.9 Å². The summed E-state index contributed by atoms with van der Waals surface area (Å²) in [5, 5.41) is 7.34. The van der Waals surface area contributed by atoms with Crippen LogP contribution in [0.2, 0.25) is 0 Å². The number of nitrogens with two attached hydrogens (primary N) is 1. The maximum absolute atomic E-state index is 7.34. The van der Waals surface area contributed by atoms with E-state index in [1.807, 2.05) is 0 Å². The topological polar surface area (TPSA) is 84.9 Å². The van der Waals surface area contributed by atoms with Gasteiger partial charge in [-0.1, -0.05) is 20.3 Å². The molecule has 0 amide bonds. The van der Waals surface area contributed by atoms with Gasteiger partial charge in [-0.3, -0.25) is 5.41 Å². The van der Waals surface area contributed by atoms with Gasteiger partial charge >= 0.3 is 0 Å². The lowest BCUT2D eigenvalue weighted by molar-refractivity contribution is 0.241. The SMILES string of the molecule is CCCC(C)COc1nccnc1C(=N)N. The molecule has 1 aromatic heterocycles. The first-order chi connectivity index (χ1) is 7.65. The zero-order valence-corrected chi connectivity index (χ0v) is 9.73. The highest BCUT2D eigenvalue weighted by atomic mass is 16.5. The Kier molecular flexibility index (Phi) is 4.69. The molecule has 0 aliphatic carbocycles. The van der Waals surface area contributed by atoms with E-state index in [9.17, 15) is 0 Å². The van der Waals surface area contributed by atoms with Crippen molar-refractivity contribution in [3.8, 4) is 5.88 Å². The maximum Gasteiger partial charge on any atom is 0.243 e. The Hall–Kier alpha value is -1.65. The highest BCUT2D eigenvalue weighted by Gasteiger charge is 2.10. The van der Waals surface area contributed by atoms with Gasteiger partial charge in [0.15, 0.2) is 5.69 Å². The fraction of sp³-hybridized carbons (Fsp3) is 0.545. The van der Waals surface area contributed by atoms with Gasteiger partial charge in [0.05, 0.1) is 6.61 Å². The zero-order valence-electron chi connectivity index (χ0n) is 9.73. The Labute approximate surface area is 95.6 Å². The maximum atomic E-state index is 7.34. The number of rotatable bonds is 6. The quantitative estimate of drug-likeness (QED) is 0.565. The van der Waals surface area contributed by atoms with Crippen molar-refractivity contribution in [1.29, 1.82) is 5.41 Å². The van der Waals surface area contributed by atoms with Crippen molar-refractivity contribution in [1.82, 2.24) is 9.97 Å². The van der Waals surface area contributed by atoms with E-state index in [2.05, 4.69) is 23.8 Å². The minimum atomic E-state index is -0.119. The Morgan fingerprint density at radius 3 is 2.81 bits per heavy atom. The van der Waals surface area contributed by atoms with Crippen LogP contribution in [0.3, 0.4) is 0 Å². The molecule has 3 N–H and O–H groups in total. The normalized spacial score (nSPS) is 12.1. The molecule has 0 aliphatic rings. The van der Waals surface area contributed by atoms with Crippen LogP contribution in [-0.2, 0) is 0 Å². The summed E-state index contributed by atoms with van der Waals surface area (Å²) in [6.45, 7) is 4.83. The van der Waals surface area contributed by atoms with E-state index in [0.29, 0.717) is 24.1 Å². The summed E-state index contributed by atoms with van der Waals surface area (Å²) in [5.41, 5.74) is 5.69. The average molecular weight is 222 g/mol. The molecule has 5 heteroatoms. The summed E-state index contributed by atoms with van der Waals surface area (Å²) in [7, 11) is 0. The van der Waals surface area contributed by atoms with Crippen molar-refractivity contribution in [2.24, 2.45) is 11.7 Å². The lowest BCUT2D eigenvalue weighted by Crippen LogP contribution is -2.17. The van der Waals surface area contributed by atoms with Crippen LogP contribution in [0.15, 0.2) is 12.4 Å². The molecule has 1 heterocycles.